The zero-order valence-electron chi connectivity index (χ0n) is 12.2. The molecular weight excluding hydrogens is 226 g/mol. The van der Waals surface area contributed by atoms with Crippen LogP contribution in [0.5, 0.6) is 5.88 Å². The van der Waals surface area contributed by atoms with Crippen LogP contribution in [0.2, 0.25) is 0 Å². The van der Waals surface area contributed by atoms with Crippen molar-refractivity contribution in [3.63, 3.8) is 0 Å². The fourth-order valence-corrected chi connectivity index (χ4v) is 2.05. The molecule has 0 aliphatic heterocycles. The second-order valence-corrected chi connectivity index (χ2v) is 5.00. The molecule has 0 saturated heterocycles. The van der Waals surface area contributed by atoms with Gasteiger partial charge in [-0.2, -0.15) is 4.98 Å². The lowest BCUT2D eigenvalue weighted by molar-refractivity contribution is 0.324. The lowest BCUT2D eigenvalue weighted by atomic mass is 10.00. The minimum absolute atomic E-state index is 0.453. The van der Waals surface area contributed by atoms with Crippen molar-refractivity contribution in [3.05, 3.63) is 17.6 Å². The van der Waals surface area contributed by atoms with Crippen LogP contribution in [0.4, 0.5) is 0 Å². The van der Waals surface area contributed by atoms with E-state index in [9.17, 15) is 0 Å². The second kappa shape index (κ2) is 7.31. The first-order valence-corrected chi connectivity index (χ1v) is 6.69. The molecule has 0 spiro atoms. The molecule has 1 aromatic heterocycles. The van der Waals surface area contributed by atoms with Gasteiger partial charge in [-0.25, -0.2) is 4.98 Å². The first kappa shape index (κ1) is 14.9. The molecule has 102 valence electrons. The smallest absolute Gasteiger partial charge is 0.216 e. The number of likely N-dealkylation sites (N-methyl/N-ethyl adjacent to an activating group) is 1. The summed E-state index contributed by atoms with van der Waals surface area (Å²) in [6, 6.07) is 2.40. The predicted octanol–water partition coefficient (Wildman–Crippen LogP) is 2.36. The zero-order chi connectivity index (χ0) is 13.5. The van der Waals surface area contributed by atoms with Crippen LogP contribution in [0.3, 0.4) is 0 Å². The van der Waals surface area contributed by atoms with Gasteiger partial charge in [-0.15, -0.1) is 0 Å². The van der Waals surface area contributed by atoms with Gasteiger partial charge in [-0.05, 0) is 33.2 Å². The normalized spacial score (nSPS) is 12.8. The second-order valence-electron chi connectivity index (χ2n) is 5.00. The molecule has 1 aromatic rings. The molecular formula is C14H25N3O. The molecule has 1 atom stereocenters. The Balaban J connectivity index is 2.75. The van der Waals surface area contributed by atoms with Crippen molar-refractivity contribution in [2.45, 2.75) is 46.6 Å². The molecule has 0 fully saturated rings. The molecule has 1 rings (SSSR count). The molecule has 1 unspecified atom stereocenters. The number of aromatic nitrogens is 2. The van der Waals surface area contributed by atoms with E-state index in [0.29, 0.717) is 24.4 Å². The Labute approximate surface area is 110 Å². The molecule has 18 heavy (non-hydrogen) atoms. The third-order valence-corrected chi connectivity index (χ3v) is 2.78. The van der Waals surface area contributed by atoms with Gasteiger partial charge < -0.3 is 10.1 Å². The Bertz CT molecular complexity index is 366. The van der Waals surface area contributed by atoms with E-state index in [1.807, 2.05) is 27.0 Å². The third-order valence-electron chi connectivity index (χ3n) is 2.78. The summed E-state index contributed by atoms with van der Waals surface area (Å²) < 4.78 is 5.45. The Morgan fingerprint density at radius 2 is 2.06 bits per heavy atom. The molecule has 0 aliphatic carbocycles. The Hall–Kier alpha value is -1.16. The van der Waals surface area contributed by atoms with Crippen LogP contribution in [0, 0.1) is 12.8 Å². The highest BCUT2D eigenvalue weighted by Gasteiger charge is 2.12. The molecule has 0 amide bonds. The number of nitrogens with zero attached hydrogens (tertiary/aromatic N) is 2. The van der Waals surface area contributed by atoms with Crippen molar-refractivity contribution >= 4 is 0 Å². The molecule has 4 nitrogen and oxygen atoms in total. The number of nitrogens with one attached hydrogen (secondary N) is 1. The number of rotatable bonds is 7. The molecule has 0 bridgehead atoms. The lowest BCUT2D eigenvalue weighted by Crippen LogP contribution is -2.29. The predicted molar refractivity (Wildman–Crippen MR) is 73.9 cm³/mol. The van der Waals surface area contributed by atoms with Gasteiger partial charge in [0, 0.05) is 24.2 Å². The monoisotopic (exact) mass is 251 g/mol. The highest BCUT2D eigenvalue weighted by atomic mass is 16.5. The number of hydrogen-bond acceptors (Lipinski definition) is 4. The van der Waals surface area contributed by atoms with Crippen LogP contribution in [0.15, 0.2) is 6.07 Å². The molecule has 1 heterocycles. The van der Waals surface area contributed by atoms with Crippen LogP contribution in [-0.2, 0) is 6.42 Å². The summed E-state index contributed by atoms with van der Waals surface area (Å²) in [5, 5.41) is 3.35. The van der Waals surface area contributed by atoms with Gasteiger partial charge in [0.1, 0.15) is 5.82 Å². The average Bonchev–Trinajstić information content (AvgIpc) is 2.27. The SMILES string of the molecule is CCOc1cc(CC(CC(C)C)NC)nc(C)n1. The molecule has 1 N–H and O–H groups in total. The molecule has 0 aliphatic rings. The maximum atomic E-state index is 5.45. The largest absolute Gasteiger partial charge is 0.478 e. The van der Waals surface area contributed by atoms with E-state index in [1.165, 1.54) is 0 Å². The quantitative estimate of drug-likeness (QED) is 0.808. The Kier molecular flexibility index (Phi) is 6.05. The summed E-state index contributed by atoms with van der Waals surface area (Å²) in [6.07, 6.45) is 2.06. The van der Waals surface area contributed by atoms with Crippen molar-refractivity contribution in [2.75, 3.05) is 13.7 Å². The van der Waals surface area contributed by atoms with Crippen molar-refractivity contribution in [1.29, 1.82) is 0 Å². The van der Waals surface area contributed by atoms with E-state index < -0.39 is 0 Å². The zero-order valence-corrected chi connectivity index (χ0v) is 12.2. The standard InChI is InChI=1S/C14H25N3O/c1-6-18-14-9-13(16-11(4)17-14)8-12(15-5)7-10(2)3/h9-10,12,15H,6-8H2,1-5H3. The van der Waals surface area contributed by atoms with Crippen LogP contribution < -0.4 is 10.1 Å². The average molecular weight is 251 g/mol. The van der Waals surface area contributed by atoms with Crippen molar-refractivity contribution < 1.29 is 4.74 Å². The van der Waals surface area contributed by atoms with E-state index in [4.69, 9.17) is 4.74 Å². The summed E-state index contributed by atoms with van der Waals surface area (Å²) in [7, 11) is 2.00. The van der Waals surface area contributed by atoms with Gasteiger partial charge in [0.2, 0.25) is 5.88 Å². The third kappa shape index (κ3) is 5.00. The van der Waals surface area contributed by atoms with E-state index in [0.717, 1.165) is 24.4 Å². The Morgan fingerprint density at radius 1 is 1.33 bits per heavy atom. The molecule has 0 radical (unpaired) electrons. The van der Waals surface area contributed by atoms with Crippen LogP contribution >= 0.6 is 0 Å². The minimum Gasteiger partial charge on any atom is -0.478 e. The number of ether oxygens (including phenoxy) is 1. The van der Waals surface area contributed by atoms with Gasteiger partial charge in [0.25, 0.3) is 0 Å². The topological polar surface area (TPSA) is 47.0 Å². The van der Waals surface area contributed by atoms with Gasteiger partial charge in [-0.3, -0.25) is 0 Å². The highest BCUT2D eigenvalue weighted by molar-refractivity contribution is 5.17. The lowest BCUT2D eigenvalue weighted by Gasteiger charge is -2.18. The van der Waals surface area contributed by atoms with Crippen molar-refractivity contribution in [1.82, 2.24) is 15.3 Å². The summed E-state index contributed by atoms with van der Waals surface area (Å²) >= 11 is 0. The van der Waals surface area contributed by atoms with E-state index in [1.54, 1.807) is 0 Å². The first-order valence-electron chi connectivity index (χ1n) is 6.69. The fourth-order valence-electron chi connectivity index (χ4n) is 2.05. The number of aryl methyl sites for hydroxylation is 1. The van der Waals surface area contributed by atoms with E-state index in [2.05, 4.69) is 29.1 Å². The summed E-state index contributed by atoms with van der Waals surface area (Å²) in [5.74, 6) is 2.13. The van der Waals surface area contributed by atoms with Gasteiger partial charge in [0.15, 0.2) is 0 Å². The summed E-state index contributed by atoms with van der Waals surface area (Å²) in [5.41, 5.74) is 1.05. The van der Waals surface area contributed by atoms with Gasteiger partial charge >= 0.3 is 0 Å². The highest BCUT2D eigenvalue weighted by Crippen LogP contribution is 2.14. The maximum Gasteiger partial charge on any atom is 0.216 e. The fraction of sp³-hybridized carbons (Fsp3) is 0.714. The van der Waals surface area contributed by atoms with E-state index in [-0.39, 0.29) is 0 Å². The molecule has 4 heteroatoms. The Morgan fingerprint density at radius 3 is 2.61 bits per heavy atom. The maximum absolute atomic E-state index is 5.45. The molecule has 0 saturated carbocycles. The number of hydrogen-bond donors (Lipinski definition) is 1. The van der Waals surface area contributed by atoms with Crippen LogP contribution in [-0.4, -0.2) is 29.7 Å². The molecule has 0 aromatic carbocycles. The summed E-state index contributed by atoms with van der Waals surface area (Å²) in [6.45, 7) is 8.98. The van der Waals surface area contributed by atoms with Crippen LogP contribution in [0.1, 0.15) is 38.7 Å². The van der Waals surface area contributed by atoms with Crippen molar-refractivity contribution in [3.8, 4) is 5.88 Å². The van der Waals surface area contributed by atoms with Gasteiger partial charge in [0.05, 0.1) is 6.61 Å². The minimum atomic E-state index is 0.453. The first-order chi connectivity index (χ1) is 8.55. The summed E-state index contributed by atoms with van der Waals surface area (Å²) in [4.78, 5) is 8.74. The van der Waals surface area contributed by atoms with Crippen LogP contribution in [0.25, 0.3) is 0 Å². The van der Waals surface area contributed by atoms with Crippen molar-refractivity contribution in [2.24, 2.45) is 5.92 Å². The van der Waals surface area contributed by atoms with E-state index >= 15 is 0 Å². The van der Waals surface area contributed by atoms with Gasteiger partial charge in [-0.1, -0.05) is 13.8 Å².